The molecule has 0 saturated carbocycles. The smallest absolute Gasteiger partial charge is 0.337 e. The van der Waals surface area contributed by atoms with Gasteiger partial charge >= 0.3 is 5.97 Å². The van der Waals surface area contributed by atoms with Crippen molar-refractivity contribution in [2.75, 3.05) is 20.3 Å². The van der Waals surface area contributed by atoms with Crippen LogP contribution in [0.1, 0.15) is 0 Å². The van der Waals surface area contributed by atoms with Crippen LogP contribution < -0.4 is 5.11 Å². The molecule has 74 valence electrons. The molecule has 2 atom stereocenters. The molecule has 0 amide bonds. The van der Waals surface area contributed by atoms with Gasteiger partial charge in [-0.3, -0.25) is 0 Å². The summed E-state index contributed by atoms with van der Waals surface area (Å²) in [6, 6.07) is 0. The van der Waals surface area contributed by atoms with Gasteiger partial charge in [-0.25, -0.2) is 4.79 Å². The Morgan fingerprint density at radius 2 is 1.85 bits per heavy atom. The van der Waals surface area contributed by atoms with Crippen molar-refractivity contribution in [1.82, 2.24) is 0 Å². The number of hydrogen-bond donors (Lipinski definition) is 0. The molecule has 1 heterocycles. The maximum absolute atomic E-state index is 10.9. The number of carboxylic acids is 1. The zero-order chi connectivity index (χ0) is 9.84. The van der Waals surface area contributed by atoms with Gasteiger partial charge in [0.1, 0.15) is 6.10 Å². The molecule has 1 rings (SSSR count). The Labute approximate surface area is 74.4 Å². The predicted octanol–water partition coefficient (Wildman–Crippen LogP) is -2.31. The van der Waals surface area contributed by atoms with E-state index in [9.17, 15) is 14.7 Å². The van der Waals surface area contributed by atoms with Gasteiger partial charge in [0, 0.05) is 0 Å². The minimum absolute atomic E-state index is 0.120. The number of aliphatic carboxylic acids is 1. The standard InChI is InChI=1S/C7H10O6/c1-11-7(10)5-3-12-4(2-13-5)6(8)9/h4-5H,2-3H2,1H3,(H,8,9)/p-1/t4-,5+/m0/s1. The van der Waals surface area contributed by atoms with Crippen molar-refractivity contribution in [3.05, 3.63) is 0 Å². The van der Waals surface area contributed by atoms with Crippen LogP contribution in [0.3, 0.4) is 0 Å². The lowest BCUT2D eigenvalue weighted by Gasteiger charge is -2.28. The largest absolute Gasteiger partial charge is 0.547 e. The Bertz CT molecular complexity index is 205. The summed E-state index contributed by atoms with van der Waals surface area (Å²) in [4.78, 5) is 21.1. The van der Waals surface area contributed by atoms with E-state index in [0.29, 0.717) is 0 Å². The molecule has 13 heavy (non-hydrogen) atoms. The van der Waals surface area contributed by atoms with Crippen molar-refractivity contribution < 1.29 is 28.9 Å². The van der Waals surface area contributed by atoms with Crippen molar-refractivity contribution in [3.8, 4) is 0 Å². The molecule has 0 aliphatic carbocycles. The monoisotopic (exact) mass is 189 g/mol. The van der Waals surface area contributed by atoms with E-state index in [0.717, 1.165) is 0 Å². The van der Waals surface area contributed by atoms with E-state index in [1.54, 1.807) is 0 Å². The van der Waals surface area contributed by atoms with Crippen molar-refractivity contribution in [1.29, 1.82) is 0 Å². The number of rotatable bonds is 2. The van der Waals surface area contributed by atoms with Gasteiger partial charge in [-0.2, -0.15) is 0 Å². The van der Waals surface area contributed by atoms with Gasteiger partial charge in [-0.15, -0.1) is 0 Å². The van der Waals surface area contributed by atoms with Crippen LogP contribution in [0.5, 0.6) is 0 Å². The second-order valence-electron chi connectivity index (χ2n) is 2.49. The molecular weight excluding hydrogens is 180 g/mol. The fourth-order valence-electron chi connectivity index (χ4n) is 0.907. The van der Waals surface area contributed by atoms with Gasteiger partial charge in [-0.05, 0) is 0 Å². The maximum Gasteiger partial charge on any atom is 0.337 e. The van der Waals surface area contributed by atoms with Gasteiger partial charge < -0.3 is 24.1 Å². The summed E-state index contributed by atoms with van der Waals surface area (Å²) < 4.78 is 14.0. The average Bonchev–Trinajstić information content (AvgIpc) is 2.17. The van der Waals surface area contributed by atoms with Crippen LogP contribution in [0, 0.1) is 0 Å². The highest BCUT2D eigenvalue weighted by atomic mass is 16.6. The van der Waals surface area contributed by atoms with E-state index in [1.807, 2.05) is 0 Å². The van der Waals surface area contributed by atoms with E-state index in [4.69, 9.17) is 9.47 Å². The first-order valence-electron chi connectivity index (χ1n) is 3.67. The van der Waals surface area contributed by atoms with E-state index in [1.165, 1.54) is 7.11 Å². The Kier molecular flexibility index (Phi) is 3.21. The molecule has 0 bridgehead atoms. The molecule has 0 spiro atoms. The normalized spacial score (nSPS) is 28.1. The fourth-order valence-corrected chi connectivity index (χ4v) is 0.907. The number of methoxy groups -OCH3 is 1. The summed E-state index contributed by atoms with van der Waals surface area (Å²) in [5.74, 6) is -1.92. The van der Waals surface area contributed by atoms with Crippen LogP contribution in [0.15, 0.2) is 0 Å². The first kappa shape index (κ1) is 9.94. The molecule has 1 fully saturated rings. The lowest BCUT2D eigenvalue weighted by atomic mass is 10.3. The second kappa shape index (κ2) is 4.20. The number of hydrogen-bond acceptors (Lipinski definition) is 6. The third-order valence-corrected chi connectivity index (χ3v) is 1.62. The third kappa shape index (κ3) is 2.40. The van der Waals surface area contributed by atoms with Crippen LogP contribution in [-0.4, -0.2) is 44.5 Å². The molecule has 6 nitrogen and oxygen atoms in total. The molecule has 1 aliphatic heterocycles. The molecule has 0 N–H and O–H groups in total. The Morgan fingerprint density at radius 3 is 2.23 bits per heavy atom. The Hall–Kier alpha value is -1.14. The van der Waals surface area contributed by atoms with Gasteiger partial charge in [0.2, 0.25) is 0 Å². The number of carbonyl (C=O) groups is 2. The summed E-state index contributed by atoms with van der Waals surface area (Å²) >= 11 is 0. The van der Waals surface area contributed by atoms with Crippen LogP contribution in [0.4, 0.5) is 0 Å². The van der Waals surface area contributed by atoms with E-state index in [-0.39, 0.29) is 13.2 Å². The summed E-state index contributed by atoms with van der Waals surface area (Å²) in [5.41, 5.74) is 0. The minimum atomic E-state index is -1.34. The van der Waals surface area contributed by atoms with Crippen molar-refractivity contribution in [2.24, 2.45) is 0 Å². The van der Waals surface area contributed by atoms with Crippen LogP contribution in [0.25, 0.3) is 0 Å². The first-order valence-corrected chi connectivity index (χ1v) is 3.67. The third-order valence-electron chi connectivity index (χ3n) is 1.62. The lowest BCUT2D eigenvalue weighted by Crippen LogP contribution is -2.48. The van der Waals surface area contributed by atoms with E-state index in [2.05, 4.69) is 4.74 Å². The summed E-state index contributed by atoms with van der Waals surface area (Å²) in [5, 5.41) is 10.3. The highest BCUT2D eigenvalue weighted by Gasteiger charge is 2.28. The predicted molar refractivity (Wildman–Crippen MR) is 36.5 cm³/mol. The van der Waals surface area contributed by atoms with Crippen molar-refractivity contribution >= 4 is 11.9 Å². The fraction of sp³-hybridized carbons (Fsp3) is 0.714. The summed E-state index contributed by atoms with van der Waals surface area (Å²) in [7, 11) is 1.22. The SMILES string of the molecule is COC(=O)[C@H]1CO[C@H](C(=O)[O-])CO1. The zero-order valence-electron chi connectivity index (χ0n) is 7.02. The zero-order valence-corrected chi connectivity index (χ0v) is 7.02. The quantitative estimate of drug-likeness (QED) is 0.454. The topological polar surface area (TPSA) is 84.9 Å². The van der Waals surface area contributed by atoms with Crippen LogP contribution in [0.2, 0.25) is 0 Å². The maximum atomic E-state index is 10.9. The minimum Gasteiger partial charge on any atom is -0.547 e. The second-order valence-corrected chi connectivity index (χ2v) is 2.49. The Balaban J connectivity index is 2.39. The first-order chi connectivity index (χ1) is 6.15. The molecule has 1 saturated heterocycles. The number of carbonyl (C=O) groups excluding carboxylic acids is 2. The molecule has 1 aliphatic rings. The number of esters is 1. The lowest BCUT2D eigenvalue weighted by molar-refractivity contribution is -0.323. The van der Waals surface area contributed by atoms with Crippen molar-refractivity contribution in [2.45, 2.75) is 12.2 Å². The summed E-state index contributed by atoms with van der Waals surface area (Å²) in [6.45, 7) is -0.312. The molecule has 6 heteroatoms. The molecule has 0 aromatic rings. The molecular formula is C7H9O6-. The van der Waals surface area contributed by atoms with E-state index < -0.39 is 24.1 Å². The van der Waals surface area contributed by atoms with Crippen molar-refractivity contribution in [3.63, 3.8) is 0 Å². The molecule has 0 aromatic carbocycles. The van der Waals surface area contributed by atoms with Gasteiger partial charge in [0.15, 0.2) is 6.10 Å². The molecule has 0 radical (unpaired) electrons. The number of ether oxygens (including phenoxy) is 3. The highest BCUT2D eigenvalue weighted by molar-refractivity contribution is 5.75. The summed E-state index contributed by atoms with van der Waals surface area (Å²) in [6.07, 6.45) is -1.93. The van der Waals surface area contributed by atoms with Gasteiger partial charge in [0.25, 0.3) is 0 Å². The van der Waals surface area contributed by atoms with E-state index >= 15 is 0 Å². The highest BCUT2D eigenvalue weighted by Crippen LogP contribution is 2.07. The average molecular weight is 189 g/mol. The molecule has 0 aromatic heterocycles. The van der Waals surface area contributed by atoms with Crippen LogP contribution >= 0.6 is 0 Å². The Morgan fingerprint density at radius 1 is 1.31 bits per heavy atom. The van der Waals surface area contributed by atoms with Crippen LogP contribution in [-0.2, 0) is 23.8 Å². The molecule has 0 unspecified atom stereocenters. The van der Waals surface area contributed by atoms with Gasteiger partial charge in [0.05, 0.1) is 26.3 Å². The number of carboxylic acid groups (broad SMARTS) is 1. The van der Waals surface area contributed by atoms with Gasteiger partial charge in [-0.1, -0.05) is 0 Å².